The van der Waals surface area contributed by atoms with Crippen LogP contribution in [0.3, 0.4) is 0 Å². The first-order chi connectivity index (χ1) is 7.77. The topological polar surface area (TPSA) is 91.8 Å². The smallest absolute Gasteiger partial charge is 0.270 e. The summed E-state index contributed by atoms with van der Waals surface area (Å²) in [4.78, 5) is 15.6. The summed E-state index contributed by atoms with van der Waals surface area (Å²) in [6, 6.07) is 2.06. The molecule has 0 radical (unpaired) electrons. The highest BCUT2D eigenvalue weighted by Gasteiger charge is 2.08. The van der Waals surface area contributed by atoms with Gasteiger partial charge in [-0.2, -0.15) is 5.26 Å². The highest BCUT2D eigenvalue weighted by Crippen LogP contribution is 2.08. The van der Waals surface area contributed by atoms with Crippen molar-refractivity contribution in [3.05, 3.63) is 16.1 Å². The van der Waals surface area contributed by atoms with E-state index in [-0.39, 0.29) is 5.91 Å². The van der Waals surface area contributed by atoms with Crippen molar-refractivity contribution < 1.29 is 4.79 Å². The maximum Gasteiger partial charge on any atom is 0.270 e. The normalized spacial score (nSPS) is 9.75. The molecule has 0 saturated carbocycles. The lowest BCUT2D eigenvalue weighted by Crippen LogP contribution is -2.24. The minimum atomic E-state index is -0.173. The molecule has 5 nitrogen and oxygen atoms in total. The zero-order valence-corrected chi connectivity index (χ0v) is 9.72. The van der Waals surface area contributed by atoms with Gasteiger partial charge in [-0.15, -0.1) is 11.3 Å². The number of nitriles is 1. The highest BCUT2D eigenvalue weighted by molar-refractivity contribution is 7.09. The fraction of sp³-hybridized carbons (Fsp3) is 0.500. The second-order valence-electron chi connectivity index (χ2n) is 3.20. The van der Waals surface area contributed by atoms with Crippen LogP contribution in [0.5, 0.6) is 0 Å². The van der Waals surface area contributed by atoms with Crippen molar-refractivity contribution in [2.45, 2.75) is 25.8 Å². The Hall–Kier alpha value is -1.45. The van der Waals surface area contributed by atoms with E-state index in [0.717, 1.165) is 17.8 Å². The average Bonchev–Trinajstić information content (AvgIpc) is 2.77. The van der Waals surface area contributed by atoms with Crippen molar-refractivity contribution in [3.8, 4) is 6.07 Å². The molecule has 1 amide bonds. The number of nitrogens with zero attached hydrogens (tertiary/aromatic N) is 2. The molecule has 6 heteroatoms. The molecule has 0 atom stereocenters. The van der Waals surface area contributed by atoms with Crippen LogP contribution in [0.4, 0.5) is 0 Å². The lowest BCUT2D eigenvalue weighted by atomic mass is 10.2. The van der Waals surface area contributed by atoms with E-state index < -0.39 is 0 Å². The number of hydrogen-bond acceptors (Lipinski definition) is 5. The number of thiazole rings is 1. The van der Waals surface area contributed by atoms with Crippen LogP contribution < -0.4 is 11.1 Å². The Bertz CT molecular complexity index is 382. The standard InChI is InChI=1S/C10H14N4OS/c11-4-2-1-3-5-13-10(15)8-7-16-9(6-12)14-8/h7H,1-3,5-6,12H2,(H,13,15). The van der Waals surface area contributed by atoms with Gasteiger partial charge >= 0.3 is 0 Å². The molecule has 0 aliphatic carbocycles. The second kappa shape index (κ2) is 6.93. The molecule has 1 rings (SSSR count). The number of rotatable bonds is 6. The van der Waals surface area contributed by atoms with Gasteiger partial charge in [-0.1, -0.05) is 0 Å². The van der Waals surface area contributed by atoms with Crippen molar-refractivity contribution in [3.63, 3.8) is 0 Å². The molecule has 0 aromatic carbocycles. The maximum absolute atomic E-state index is 11.5. The summed E-state index contributed by atoms with van der Waals surface area (Å²) in [5.74, 6) is -0.173. The van der Waals surface area contributed by atoms with Crippen molar-refractivity contribution in [1.82, 2.24) is 10.3 Å². The molecule has 0 aliphatic rings. The van der Waals surface area contributed by atoms with Crippen LogP contribution in [0.25, 0.3) is 0 Å². The molecule has 0 fully saturated rings. The third-order valence-corrected chi connectivity index (χ3v) is 2.83. The quantitative estimate of drug-likeness (QED) is 0.724. The number of aromatic nitrogens is 1. The molecule has 0 spiro atoms. The summed E-state index contributed by atoms with van der Waals surface area (Å²) in [5.41, 5.74) is 5.83. The molecule has 0 unspecified atom stereocenters. The van der Waals surface area contributed by atoms with Gasteiger partial charge < -0.3 is 11.1 Å². The van der Waals surface area contributed by atoms with Crippen LogP contribution in [-0.4, -0.2) is 17.4 Å². The molecule has 16 heavy (non-hydrogen) atoms. The average molecular weight is 238 g/mol. The van der Waals surface area contributed by atoms with E-state index in [1.54, 1.807) is 5.38 Å². The van der Waals surface area contributed by atoms with Gasteiger partial charge in [0.1, 0.15) is 10.7 Å². The summed E-state index contributed by atoms with van der Waals surface area (Å²) in [6.07, 6.45) is 2.15. The van der Waals surface area contributed by atoms with Gasteiger partial charge in [0.05, 0.1) is 6.07 Å². The maximum atomic E-state index is 11.5. The summed E-state index contributed by atoms with van der Waals surface area (Å²) in [6.45, 7) is 0.941. The van der Waals surface area contributed by atoms with Gasteiger partial charge in [-0.3, -0.25) is 4.79 Å². The third-order valence-electron chi connectivity index (χ3n) is 1.96. The summed E-state index contributed by atoms with van der Waals surface area (Å²) >= 11 is 1.39. The van der Waals surface area contributed by atoms with Crippen LogP contribution in [0, 0.1) is 11.3 Å². The number of carbonyl (C=O) groups is 1. The molecule has 1 aromatic heterocycles. The van der Waals surface area contributed by atoms with Gasteiger partial charge in [0.15, 0.2) is 0 Å². The fourth-order valence-corrected chi connectivity index (χ4v) is 1.79. The number of nitrogens with one attached hydrogen (secondary N) is 1. The summed E-state index contributed by atoms with van der Waals surface area (Å²) in [7, 11) is 0. The first-order valence-electron chi connectivity index (χ1n) is 5.07. The number of amides is 1. The third kappa shape index (κ3) is 3.96. The van der Waals surface area contributed by atoms with E-state index in [1.165, 1.54) is 11.3 Å². The number of carbonyl (C=O) groups excluding carboxylic acids is 1. The van der Waals surface area contributed by atoms with Gasteiger partial charge in [0.2, 0.25) is 0 Å². The van der Waals surface area contributed by atoms with E-state index in [4.69, 9.17) is 11.0 Å². The van der Waals surface area contributed by atoms with Gasteiger partial charge in [-0.05, 0) is 12.8 Å². The largest absolute Gasteiger partial charge is 0.351 e. The highest BCUT2D eigenvalue weighted by atomic mass is 32.1. The molecule has 1 heterocycles. The van der Waals surface area contributed by atoms with Crippen LogP contribution >= 0.6 is 11.3 Å². The molecule has 3 N–H and O–H groups in total. The molecular formula is C10H14N4OS. The van der Waals surface area contributed by atoms with E-state index in [9.17, 15) is 4.79 Å². The lowest BCUT2D eigenvalue weighted by molar-refractivity contribution is 0.0948. The van der Waals surface area contributed by atoms with E-state index in [1.807, 2.05) is 0 Å². The summed E-state index contributed by atoms with van der Waals surface area (Å²) < 4.78 is 0. The molecule has 86 valence electrons. The van der Waals surface area contributed by atoms with Crippen LogP contribution in [0.1, 0.15) is 34.8 Å². The molecule has 0 aliphatic heterocycles. The summed E-state index contributed by atoms with van der Waals surface area (Å²) in [5, 5.41) is 13.5. The van der Waals surface area contributed by atoms with Crippen molar-refractivity contribution in [2.24, 2.45) is 5.73 Å². The first kappa shape index (κ1) is 12.6. The Morgan fingerprint density at radius 2 is 2.44 bits per heavy atom. The minimum Gasteiger partial charge on any atom is -0.351 e. The Balaban J connectivity index is 2.27. The van der Waals surface area contributed by atoms with E-state index in [2.05, 4.69) is 16.4 Å². The molecule has 0 bridgehead atoms. The predicted octanol–water partition coefficient (Wildman–Crippen LogP) is 1.03. The lowest BCUT2D eigenvalue weighted by Gasteiger charge is -2.01. The zero-order valence-electron chi connectivity index (χ0n) is 8.90. The van der Waals surface area contributed by atoms with Crippen LogP contribution in [-0.2, 0) is 6.54 Å². The SMILES string of the molecule is N#CCCCCNC(=O)c1csc(CN)n1. The van der Waals surface area contributed by atoms with Crippen LogP contribution in [0.2, 0.25) is 0 Å². The molecule has 0 saturated heterocycles. The van der Waals surface area contributed by atoms with Gasteiger partial charge in [0, 0.05) is 24.9 Å². The second-order valence-corrected chi connectivity index (χ2v) is 4.14. The fourth-order valence-electron chi connectivity index (χ4n) is 1.13. The monoisotopic (exact) mass is 238 g/mol. The Kier molecular flexibility index (Phi) is 5.46. The van der Waals surface area contributed by atoms with Gasteiger partial charge in [-0.25, -0.2) is 4.98 Å². The van der Waals surface area contributed by atoms with Crippen molar-refractivity contribution in [1.29, 1.82) is 5.26 Å². The zero-order chi connectivity index (χ0) is 11.8. The van der Waals surface area contributed by atoms with Gasteiger partial charge in [0.25, 0.3) is 5.91 Å². The molecular weight excluding hydrogens is 224 g/mol. The van der Waals surface area contributed by atoms with E-state index in [0.29, 0.717) is 25.2 Å². The number of nitrogens with two attached hydrogens (primary N) is 1. The van der Waals surface area contributed by atoms with Crippen molar-refractivity contribution >= 4 is 17.2 Å². The Morgan fingerprint density at radius 1 is 1.62 bits per heavy atom. The predicted molar refractivity (Wildman–Crippen MR) is 61.8 cm³/mol. The van der Waals surface area contributed by atoms with Crippen molar-refractivity contribution in [2.75, 3.05) is 6.54 Å². The Labute approximate surface area is 98.3 Å². The molecule has 1 aromatic rings. The Morgan fingerprint density at radius 3 is 3.06 bits per heavy atom. The van der Waals surface area contributed by atoms with Crippen LogP contribution in [0.15, 0.2) is 5.38 Å². The number of hydrogen-bond donors (Lipinski definition) is 2. The number of unbranched alkanes of at least 4 members (excludes halogenated alkanes) is 2. The minimum absolute atomic E-state index is 0.173. The van der Waals surface area contributed by atoms with E-state index >= 15 is 0 Å². The first-order valence-corrected chi connectivity index (χ1v) is 5.95.